The van der Waals surface area contributed by atoms with Crippen LogP contribution in [0.3, 0.4) is 0 Å². The molecule has 0 unspecified atom stereocenters. The maximum atomic E-state index is 6.66. The van der Waals surface area contributed by atoms with Crippen molar-refractivity contribution in [3.05, 3.63) is 176 Å². The zero-order valence-corrected chi connectivity index (χ0v) is 29.4. The standard InChI is InChI=1S/C50H29N3O2/c1-2-12-30(13-3-1)47-39-18-4-7-21-41(39)51-50(52-47)53-42-27-26-38-36-17-6-9-23-45(36)55-49(38)46(42)40-25-24-32(29-43(40)53)31-14-10-15-33(28-31)34-19-11-20-37-35-16-5-8-22-44(35)54-48(34)37/h1-29H. The number of benzene rings is 8. The molecular weight excluding hydrogens is 675 g/mol. The quantitative estimate of drug-likeness (QED) is 0.183. The van der Waals surface area contributed by atoms with Crippen LogP contribution in [0.4, 0.5) is 0 Å². The van der Waals surface area contributed by atoms with Crippen LogP contribution in [-0.4, -0.2) is 14.5 Å². The predicted molar refractivity (Wildman–Crippen MR) is 225 cm³/mol. The van der Waals surface area contributed by atoms with E-state index in [2.05, 4.69) is 138 Å². The van der Waals surface area contributed by atoms with E-state index >= 15 is 0 Å². The molecule has 0 bridgehead atoms. The van der Waals surface area contributed by atoms with Crippen LogP contribution in [0.5, 0.6) is 0 Å². The van der Waals surface area contributed by atoms with Crippen molar-refractivity contribution in [2.24, 2.45) is 0 Å². The average molecular weight is 704 g/mol. The largest absolute Gasteiger partial charge is 0.455 e. The molecule has 0 saturated heterocycles. The second kappa shape index (κ2) is 11.5. The molecule has 0 aliphatic heterocycles. The van der Waals surface area contributed by atoms with Crippen molar-refractivity contribution in [2.75, 3.05) is 0 Å². The van der Waals surface area contributed by atoms with Gasteiger partial charge in [0, 0.05) is 43.4 Å². The summed E-state index contributed by atoms with van der Waals surface area (Å²) in [5, 5.41) is 7.55. The van der Waals surface area contributed by atoms with E-state index < -0.39 is 0 Å². The Balaban J connectivity index is 1.12. The third kappa shape index (κ3) is 4.47. The number of hydrogen-bond donors (Lipinski definition) is 0. The van der Waals surface area contributed by atoms with Gasteiger partial charge in [-0.3, -0.25) is 4.57 Å². The van der Waals surface area contributed by atoms with Gasteiger partial charge < -0.3 is 8.83 Å². The lowest BCUT2D eigenvalue weighted by molar-refractivity contribution is 0.670. The maximum Gasteiger partial charge on any atom is 0.235 e. The molecule has 0 N–H and O–H groups in total. The predicted octanol–water partition coefficient (Wildman–Crippen LogP) is 13.5. The fourth-order valence-corrected chi connectivity index (χ4v) is 8.50. The Morgan fingerprint density at radius 2 is 1.00 bits per heavy atom. The number of rotatable bonds is 4. The highest BCUT2D eigenvalue weighted by molar-refractivity contribution is 6.24. The van der Waals surface area contributed by atoms with Gasteiger partial charge in [-0.15, -0.1) is 0 Å². The van der Waals surface area contributed by atoms with Gasteiger partial charge in [0.25, 0.3) is 0 Å². The Morgan fingerprint density at radius 1 is 0.382 bits per heavy atom. The van der Waals surface area contributed by atoms with Crippen LogP contribution in [0.25, 0.3) is 116 Å². The minimum atomic E-state index is 0.607. The van der Waals surface area contributed by atoms with E-state index in [1.54, 1.807) is 0 Å². The van der Waals surface area contributed by atoms with Gasteiger partial charge >= 0.3 is 0 Å². The molecule has 256 valence electrons. The molecule has 0 radical (unpaired) electrons. The molecule has 0 aliphatic carbocycles. The molecule has 8 aromatic carbocycles. The van der Waals surface area contributed by atoms with Crippen molar-refractivity contribution < 1.29 is 8.83 Å². The second-order valence-electron chi connectivity index (χ2n) is 14.1. The van der Waals surface area contributed by atoms with E-state index in [1.165, 1.54) is 0 Å². The number of aromatic nitrogens is 3. The summed E-state index contributed by atoms with van der Waals surface area (Å²) in [6.45, 7) is 0. The Labute approximate surface area is 314 Å². The second-order valence-corrected chi connectivity index (χ2v) is 14.1. The van der Waals surface area contributed by atoms with E-state index in [0.29, 0.717) is 5.95 Å². The first kappa shape index (κ1) is 30.0. The molecule has 5 heteroatoms. The van der Waals surface area contributed by atoms with Gasteiger partial charge in [0.05, 0.1) is 27.6 Å². The molecule has 55 heavy (non-hydrogen) atoms. The molecule has 4 aromatic heterocycles. The number of hydrogen-bond acceptors (Lipinski definition) is 4. The van der Waals surface area contributed by atoms with Crippen LogP contribution < -0.4 is 0 Å². The molecule has 0 saturated carbocycles. The fourth-order valence-electron chi connectivity index (χ4n) is 8.50. The minimum Gasteiger partial charge on any atom is -0.455 e. The normalized spacial score (nSPS) is 12.0. The van der Waals surface area contributed by atoms with Crippen LogP contribution in [0.15, 0.2) is 185 Å². The zero-order valence-electron chi connectivity index (χ0n) is 29.4. The first-order chi connectivity index (χ1) is 27.3. The van der Waals surface area contributed by atoms with Gasteiger partial charge in [-0.1, -0.05) is 133 Å². The smallest absolute Gasteiger partial charge is 0.235 e. The molecule has 0 spiro atoms. The van der Waals surface area contributed by atoms with Crippen molar-refractivity contribution >= 4 is 76.6 Å². The summed E-state index contributed by atoms with van der Waals surface area (Å²) in [7, 11) is 0. The van der Waals surface area contributed by atoms with Crippen molar-refractivity contribution in [1.82, 2.24) is 14.5 Å². The monoisotopic (exact) mass is 703 g/mol. The fraction of sp³-hybridized carbons (Fsp3) is 0. The van der Waals surface area contributed by atoms with Crippen LogP contribution in [0.2, 0.25) is 0 Å². The first-order valence-electron chi connectivity index (χ1n) is 18.5. The Bertz CT molecular complexity index is 3500. The summed E-state index contributed by atoms with van der Waals surface area (Å²) in [4.78, 5) is 10.6. The van der Waals surface area contributed by atoms with Crippen molar-refractivity contribution in [1.29, 1.82) is 0 Å². The summed E-state index contributed by atoms with van der Waals surface area (Å²) in [6.07, 6.45) is 0. The molecular formula is C50H29N3O2. The van der Waals surface area contributed by atoms with Crippen LogP contribution >= 0.6 is 0 Å². The first-order valence-corrected chi connectivity index (χ1v) is 18.5. The highest BCUT2D eigenvalue weighted by Crippen LogP contribution is 2.43. The Hall–Kier alpha value is -7.50. The lowest BCUT2D eigenvalue weighted by Gasteiger charge is -2.12. The highest BCUT2D eigenvalue weighted by atomic mass is 16.3. The molecule has 0 atom stereocenters. The molecule has 0 amide bonds. The molecule has 4 heterocycles. The number of nitrogens with zero attached hydrogens (tertiary/aromatic N) is 3. The number of furan rings is 2. The van der Waals surface area contributed by atoms with E-state index in [1.807, 2.05) is 42.5 Å². The van der Waals surface area contributed by atoms with Crippen LogP contribution in [0, 0.1) is 0 Å². The van der Waals surface area contributed by atoms with Gasteiger partial charge in [-0.05, 0) is 59.2 Å². The molecule has 0 aliphatic rings. The van der Waals surface area contributed by atoms with Gasteiger partial charge in [-0.25, -0.2) is 9.97 Å². The van der Waals surface area contributed by atoms with Crippen molar-refractivity contribution in [3.8, 4) is 39.5 Å². The molecule has 5 nitrogen and oxygen atoms in total. The topological polar surface area (TPSA) is 57.0 Å². The van der Waals surface area contributed by atoms with Gasteiger partial charge in [-0.2, -0.15) is 0 Å². The lowest BCUT2D eigenvalue weighted by atomic mass is 9.97. The third-order valence-corrected chi connectivity index (χ3v) is 11.0. The van der Waals surface area contributed by atoms with Gasteiger partial charge in [0.2, 0.25) is 5.95 Å². The van der Waals surface area contributed by atoms with Gasteiger partial charge in [0.1, 0.15) is 22.3 Å². The lowest BCUT2D eigenvalue weighted by Crippen LogP contribution is -2.03. The highest BCUT2D eigenvalue weighted by Gasteiger charge is 2.22. The third-order valence-electron chi connectivity index (χ3n) is 11.0. The number of fused-ring (bicyclic) bond motifs is 11. The zero-order chi connectivity index (χ0) is 36.0. The average Bonchev–Trinajstić information content (AvgIpc) is 3.93. The minimum absolute atomic E-state index is 0.607. The van der Waals surface area contributed by atoms with E-state index in [-0.39, 0.29) is 0 Å². The number of para-hydroxylation sites is 4. The summed E-state index contributed by atoms with van der Waals surface area (Å²) < 4.78 is 15.3. The summed E-state index contributed by atoms with van der Waals surface area (Å²) in [5.41, 5.74) is 12.7. The summed E-state index contributed by atoms with van der Waals surface area (Å²) in [5.74, 6) is 0.607. The molecule has 12 aromatic rings. The Morgan fingerprint density at radius 3 is 1.84 bits per heavy atom. The van der Waals surface area contributed by atoms with Gasteiger partial charge in [0.15, 0.2) is 0 Å². The SMILES string of the molecule is c1ccc(-c2nc(-n3c4cc(-c5cccc(-c6cccc7c6oc6ccccc67)c5)ccc4c4c5oc6ccccc6c5ccc43)nc3ccccc23)cc1. The van der Waals surface area contributed by atoms with Crippen molar-refractivity contribution in [2.45, 2.75) is 0 Å². The maximum absolute atomic E-state index is 6.66. The summed E-state index contributed by atoms with van der Waals surface area (Å²) >= 11 is 0. The van der Waals surface area contributed by atoms with E-state index in [0.717, 1.165) is 110 Å². The van der Waals surface area contributed by atoms with Crippen molar-refractivity contribution in [3.63, 3.8) is 0 Å². The van der Waals surface area contributed by atoms with E-state index in [9.17, 15) is 0 Å². The Kier molecular flexibility index (Phi) is 6.27. The van der Waals surface area contributed by atoms with Crippen LogP contribution in [-0.2, 0) is 0 Å². The van der Waals surface area contributed by atoms with E-state index in [4.69, 9.17) is 18.8 Å². The summed E-state index contributed by atoms with van der Waals surface area (Å²) in [6, 6.07) is 61.3. The van der Waals surface area contributed by atoms with Crippen LogP contribution in [0.1, 0.15) is 0 Å². The molecule has 0 fully saturated rings. The molecule has 12 rings (SSSR count).